The fourth-order valence-electron chi connectivity index (χ4n) is 0.982. The average Bonchev–Trinajstić information content (AvgIpc) is 2.31. The molecule has 74 valence electrons. The van der Waals surface area contributed by atoms with Crippen LogP contribution in [0.3, 0.4) is 0 Å². The van der Waals surface area contributed by atoms with Gasteiger partial charge in [-0.15, -0.1) is 0 Å². The molecule has 0 heterocycles. The molecule has 0 saturated heterocycles. The molecule has 4 nitrogen and oxygen atoms in total. The highest BCUT2D eigenvalue weighted by Gasteiger charge is 2.13. The Morgan fingerprint density at radius 2 is 1.87 bits per heavy atom. The summed E-state index contributed by atoms with van der Waals surface area (Å²) in [5.41, 5.74) is 6.27. The van der Waals surface area contributed by atoms with Crippen molar-refractivity contribution in [1.29, 1.82) is 10.5 Å². The van der Waals surface area contributed by atoms with Crippen LogP contribution < -0.4 is 5.73 Å². The SMILES string of the molecule is N#CC(N)C(C#N)N=Cc1ccccc1. The summed E-state index contributed by atoms with van der Waals surface area (Å²) in [5.74, 6) is 0. The average molecular weight is 198 g/mol. The lowest BCUT2D eigenvalue weighted by molar-refractivity contribution is 0.732. The Labute approximate surface area is 88.3 Å². The molecule has 0 saturated carbocycles. The maximum atomic E-state index is 8.71. The molecule has 2 N–H and O–H groups in total. The molecule has 1 aromatic carbocycles. The molecule has 0 amide bonds. The smallest absolute Gasteiger partial charge is 0.164 e. The quantitative estimate of drug-likeness (QED) is 0.730. The molecular weight excluding hydrogens is 188 g/mol. The number of aliphatic imine (C=N–C) groups is 1. The van der Waals surface area contributed by atoms with Gasteiger partial charge in [0.1, 0.15) is 6.04 Å². The van der Waals surface area contributed by atoms with E-state index >= 15 is 0 Å². The molecule has 2 unspecified atom stereocenters. The topological polar surface area (TPSA) is 86.0 Å². The van der Waals surface area contributed by atoms with E-state index in [0.717, 1.165) is 5.56 Å². The van der Waals surface area contributed by atoms with Crippen LogP contribution in [0.5, 0.6) is 0 Å². The highest BCUT2D eigenvalue weighted by Crippen LogP contribution is 1.98. The molecule has 0 spiro atoms. The molecular formula is C11H10N4. The van der Waals surface area contributed by atoms with Gasteiger partial charge in [0.2, 0.25) is 0 Å². The van der Waals surface area contributed by atoms with Gasteiger partial charge in [0.25, 0.3) is 0 Å². The van der Waals surface area contributed by atoms with Gasteiger partial charge in [0.15, 0.2) is 6.04 Å². The van der Waals surface area contributed by atoms with Gasteiger partial charge in [-0.25, -0.2) is 0 Å². The minimum Gasteiger partial charge on any atom is -0.313 e. The van der Waals surface area contributed by atoms with Gasteiger partial charge in [0.05, 0.1) is 12.1 Å². The summed E-state index contributed by atoms with van der Waals surface area (Å²) in [4.78, 5) is 3.95. The molecule has 0 aromatic heterocycles. The Morgan fingerprint density at radius 3 is 2.40 bits per heavy atom. The summed E-state index contributed by atoms with van der Waals surface area (Å²) in [7, 11) is 0. The van der Waals surface area contributed by atoms with Crippen molar-refractivity contribution in [1.82, 2.24) is 0 Å². The molecule has 0 aliphatic carbocycles. The van der Waals surface area contributed by atoms with Crippen LogP contribution in [0.25, 0.3) is 0 Å². The number of rotatable bonds is 3. The van der Waals surface area contributed by atoms with Crippen LogP contribution in [-0.2, 0) is 0 Å². The second-order valence-electron chi connectivity index (χ2n) is 2.92. The van der Waals surface area contributed by atoms with Crippen LogP contribution in [0.2, 0.25) is 0 Å². The monoisotopic (exact) mass is 198 g/mol. The van der Waals surface area contributed by atoms with E-state index in [-0.39, 0.29) is 0 Å². The number of nitrogens with zero attached hydrogens (tertiary/aromatic N) is 3. The van der Waals surface area contributed by atoms with Gasteiger partial charge in [-0.05, 0) is 5.56 Å². The van der Waals surface area contributed by atoms with Crippen molar-refractivity contribution in [3.05, 3.63) is 35.9 Å². The summed E-state index contributed by atoms with van der Waals surface area (Å²) < 4.78 is 0. The minimum absolute atomic E-state index is 0.810. The lowest BCUT2D eigenvalue weighted by Crippen LogP contribution is -2.30. The number of hydrogen-bond donors (Lipinski definition) is 1. The molecule has 0 radical (unpaired) electrons. The van der Waals surface area contributed by atoms with Gasteiger partial charge in [-0.3, -0.25) is 4.99 Å². The first-order valence-electron chi connectivity index (χ1n) is 4.41. The highest BCUT2D eigenvalue weighted by molar-refractivity contribution is 5.79. The Bertz CT molecular complexity index is 410. The molecule has 4 heteroatoms. The van der Waals surface area contributed by atoms with Crippen LogP contribution >= 0.6 is 0 Å². The van der Waals surface area contributed by atoms with E-state index in [1.807, 2.05) is 36.4 Å². The Kier molecular flexibility index (Phi) is 4.03. The zero-order chi connectivity index (χ0) is 11.1. The van der Waals surface area contributed by atoms with Crippen LogP contribution in [-0.4, -0.2) is 18.3 Å². The summed E-state index contributed by atoms with van der Waals surface area (Å²) in [6, 6.07) is 11.3. The van der Waals surface area contributed by atoms with Crippen molar-refractivity contribution >= 4 is 6.21 Å². The maximum absolute atomic E-state index is 8.71. The molecule has 2 atom stereocenters. The summed E-state index contributed by atoms with van der Waals surface area (Å²) in [5, 5.41) is 17.2. The molecule has 0 fully saturated rings. The summed E-state index contributed by atoms with van der Waals surface area (Å²) >= 11 is 0. The van der Waals surface area contributed by atoms with Gasteiger partial charge >= 0.3 is 0 Å². The van der Waals surface area contributed by atoms with Crippen molar-refractivity contribution in [2.45, 2.75) is 12.1 Å². The molecule has 15 heavy (non-hydrogen) atoms. The van der Waals surface area contributed by atoms with Gasteiger partial charge in [-0.2, -0.15) is 10.5 Å². The van der Waals surface area contributed by atoms with Crippen LogP contribution in [0.1, 0.15) is 5.56 Å². The molecule has 0 aliphatic rings. The van der Waals surface area contributed by atoms with E-state index in [9.17, 15) is 0 Å². The Balaban J connectivity index is 2.73. The van der Waals surface area contributed by atoms with Crippen LogP contribution in [0, 0.1) is 22.7 Å². The lowest BCUT2D eigenvalue weighted by Gasteiger charge is -2.03. The zero-order valence-electron chi connectivity index (χ0n) is 8.04. The first-order chi connectivity index (χ1) is 7.27. The Hall–Kier alpha value is -2.17. The fourth-order valence-corrected chi connectivity index (χ4v) is 0.982. The van der Waals surface area contributed by atoms with Crippen molar-refractivity contribution in [3.63, 3.8) is 0 Å². The van der Waals surface area contributed by atoms with Gasteiger partial charge < -0.3 is 5.73 Å². The standard InChI is InChI=1S/C11H10N4/c12-6-10(14)11(7-13)15-8-9-4-2-1-3-5-9/h1-5,8,10-11H,14H2. The van der Waals surface area contributed by atoms with E-state index in [4.69, 9.17) is 16.3 Å². The highest BCUT2D eigenvalue weighted by atomic mass is 14.8. The Morgan fingerprint density at radius 1 is 1.20 bits per heavy atom. The van der Waals surface area contributed by atoms with Crippen molar-refractivity contribution in [2.24, 2.45) is 10.7 Å². The number of hydrogen-bond acceptors (Lipinski definition) is 4. The second kappa shape index (κ2) is 5.54. The largest absolute Gasteiger partial charge is 0.313 e. The lowest BCUT2D eigenvalue weighted by atomic mass is 10.2. The second-order valence-corrected chi connectivity index (χ2v) is 2.92. The van der Waals surface area contributed by atoms with Gasteiger partial charge in [0, 0.05) is 6.21 Å². The van der Waals surface area contributed by atoms with Crippen molar-refractivity contribution < 1.29 is 0 Å². The first kappa shape index (κ1) is 10.9. The summed E-state index contributed by atoms with van der Waals surface area (Å²) in [6.07, 6.45) is 1.55. The predicted octanol–water partition coefficient (Wildman–Crippen LogP) is 0.849. The predicted molar refractivity (Wildman–Crippen MR) is 57.0 cm³/mol. The third-order valence-electron chi connectivity index (χ3n) is 1.81. The van der Waals surface area contributed by atoms with E-state index in [2.05, 4.69) is 4.99 Å². The molecule has 0 aliphatic heterocycles. The van der Waals surface area contributed by atoms with Gasteiger partial charge in [-0.1, -0.05) is 30.3 Å². The third kappa shape index (κ3) is 3.22. The number of benzene rings is 1. The van der Waals surface area contributed by atoms with E-state index in [1.54, 1.807) is 12.3 Å². The van der Waals surface area contributed by atoms with Crippen molar-refractivity contribution in [2.75, 3.05) is 0 Å². The van der Waals surface area contributed by atoms with Crippen molar-refractivity contribution in [3.8, 4) is 12.1 Å². The molecule has 0 bridgehead atoms. The third-order valence-corrected chi connectivity index (χ3v) is 1.81. The van der Waals surface area contributed by atoms with Crippen LogP contribution in [0.4, 0.5) is 0 Å². The van der Waals surface area contributed by atoms with E-state index in [1.165, 1.54) is 0 Å². The summed E-state index contributed by atoms with van der Waals surface area (Å²) in [6.45, 7) is 0. The van der Waals surface area contributed by atoms with E-state index < -0.39 is 12.1 Å². The fraction of sp³-hybridized carbons (Fsp3) is 0.182. The molecule has 1 aromatic rings. The molecule has 1 rings (SSSR count). The maximum Gasteiger partial charge on any atom is 0.164 e. The van der Waals surface area contributed by atoms with Crippen LogP contribution in [0.15, 0.2) is 35.3 Å². The first-order valence-corrected chi connectivity index (χ1v) is 4.41. The number of nitrogens with two attached hydrogens (primary N) is 1. The number of nitriles is 2. The van der Waals surface area contributed by atoms with E-state index in [0.29, 0.717) is 0 Å². The normalized spacial score (nSPS) is 14.1. The zero-order valence-corrected chi connectivity index (χ0v) is 8.04. The minimum atomic E-state index is -0.880.